The Morgan fingerprint density at radius 1 is 1.27 bits per heavy atom. The first-order valence-electron chi connectivity index (χ1n) is 7.44. The van der Waals surface area contributed by atoms with E-state index in [1.54, 1.807) is 11.0 Å². The number of aliphatic hydroxyl groups is 1. The third-order valence-corrected chi connectivity index (χ3v) is 3.74. The lowest BCUT2D eigenvalue weighted by atomic mass is 10.1. The maximum atomic E-state index is 12.0. The fourth-order valence-corrected chi connectivity index (χ4v) is 2.58. The second-order valence-corrected chi connectivity index (χ2v) is 5.41. The van der Waals surface area contributed by atoms with Gasteiger partial charge in [-0.25, -0.2) is 0 Å². The van der Waals surface area contributed by atoms with Gasteiger partial charge in [0, 0.05) is 19.2 Å². The first-order valence-corrected chi connectivity index (χ1v) is 7.44. The third-order valence-electron chi connectivity index (χ3n) is 3.74. The van der Waals surface area contributed by atoms with Crippen molar-refractivity contribution in [2.45, 2.75) is 18.9 Å². The number of amides is 1. The molecule has 1 amide bonds. The molecule has 2 aliphatic rings. The highest BCUT2D eigenvalue weighted by atomic mass is 16.7. The van der Waals surface area contributed by atoms with E-state index in [2.05, 4.69) is 0 Å². The van der Waals surface area contributed by atoms with Crippen molar-refractivity contribution in [3.05, 3.63) is 42.0 Å². The van der Waals surface area contributed by atoms with Crippen LogP contribution in [0.25, 0.3) is 6.08 Å². The average Bonchev–Trinajstić information content (AvgIpc) is 2.99. The molecule has 0 radical (unpaired) electrons. The number of ether oxygens (including phenoxy) is 2. The summed E-state index contributed by atoms with van der Waals surface area (Å²) in [6.45, 7) is 1.40. The maximum Gasteiger partial charge on any atom is 0.246 e. The van der Waals surface area contributed by atoms with Crippen molar-refractivity contribution in [3.63, 3.8) is 0 Å². The monoisotopic (exact) mass is 301 g/mol. The van der Waals surface area contributed by atoms with E-state index < -0.39 is 6.10 Å². The molecule has 2 aliphatic heterocycles. The summed E-state index contributed by atoms with van der Waals surface area (Å²) >= 11 is 0. The van der Waals surface area contributed by atoms with Crippen molar-refractivity contribution in [2.24, 2.45) is 0 Å². The molecule has 22 heavy (non-hydrogen) atoms. The summed E-state index contributed by atoms with van der Waals surface area (Å²) in [5, 5.41) is 9.57. The molecular formula is C17H19NO4. The first-order chi connectivity index (χ1) is 10.7. The smallest absolute Gasteiger partial charge is 0.246 e. The molecule has 0 aromatic heterocycles. The highest BCUT2D eigenvalue weighted by molar-refractivity contribution is 5.88. The van der Waals surface area contributed by atoms with Crippen LogP contribution in [0.3, 0.4) is 0 Å². The molecular weight excluding hydrogens is 282 g/mol. The van der Waals surface area contributed by atoms with Gasteiger partial charge in [0.1, 0.15) is 0 Å². The van der Waals surface area contributed by atoms with Crippen LogP contribution in [0.2, 0.25) is 0 Å². The number of fused-ring (bicyclic) bond motifs is 1. The Kier molecular flexibility index (Phi) is 4.44. The van der Waals surface area contributed by atoms with Gasteiger partial charge >= 0.3 is 0 Å². The lowest BCUT2D eigenvalue weighted by Gasteiger charge is -2.29. The number of rotatable bonds is 3. The molecule has 1 aromatic carbocycles. The van der Waals surface area contributed by atoms with Gasteiger partial charge in [-0.1, -0.05) is 24.3 Å². The van der Waals surface area contributed by atoms with E-state index in [-0.39, 0.29) is 12.7 Å². The zero-order valence-corrected chi connectivity index (χ0v) is 12.3. The van der Waals surface area contributed by atoms with Crippen LogP contribution >= 0.6 is 0 Å². The Morgan fingerprint density at radius 2 is 2.14 bits per heavy atom. The van der Waals surface area contributed by atoms with E-state index in [0.717, 1.165) is 29.9 Å². The molecule has 0 aliphatic carbocycles. The summed E-state index contributed by atoms with van der Waals surface area (Å²) in [6, 6.07) is 5.70. The number of carbonyl (C=O) groups is 1. The zero-order valence-electron chi connectivity index (χ0n) is 12.3. The number of hydrogen-bond acceptors (Lipinski definition) is 4. The standard InChI is InChI=1S/C17H19NO4/c19-14-5-3-9-18(11-14)17(20)6-2-1-4-13-7-8-15-16(10-13)22-12-21-15/h1-2,4,6-8,10,14,19H,3,5,9,11-12H2/b4-1+,6-2+. The molecule has 1 fully saturated rings. The van der Waals surface area contributed by atoms with Crippen LogP contribution in [0, 0.1) is 0 Å². The second-order valence-electron chi connectivity index (χ2n) is 5.41. The molecule has 0 bridgehead atoms. The fraction of sp³-hybridized carbons (Fsp3) is 0.353. The van der Waals surface area contributed by atoms with Crippen molar-refractivity contribution in [2.75, 3.05) is 19.9 Å². The van der Waals surface area contributed by atoms with Crippen molar-refractivity contribution in [1.29, 1.82) is 0 Å². The van der Waals surface area contributed by atoms with Crippen molar-refractivity contribution < 1.29 is 19.4 Å². The molecule has 5 nitrogen and oxygen atoms in total. The average molecular weight is 301 g/mol. The van der Waals surface area contributed by atoms with Gasteiger partial charge in [0.25, 0.3) is 0 Å². The molecule has 1 aromatic rings. The third kappa shape index (κ3) is 3.49. The Bertz CT molecular complexity index is 609. The number of likely N-dealkylation sites (tertiary alicyclic amines) is 1. The summed E-state index contributed by atoms with van der Waals surface area (Å²) in [5.41, 5.74) is 0.981. The number of hydrogen-bond donors (Lipinski definition) is 1. The minimum atomic E-state index is -0.393. The van der Waals surface area contributed by atoms with Crippen LogP contribution < -0.4 is 9.47 Å². The Balaban J connectivity index is 1.56. The molecule has 3 rings (SSSR count). The molecule has 0 spiro atoms. The minimum Gasteiger partial charge on any atom is -0.454 e. The lowest BCUT2D eigenvalue weighted by Crippen LogP contribution is -2.41. The lowest BCUT2D eigenvalue weighted by molar-refractivity contribution is -0.128. The first kappa shape index (κ1) is 14.7. The number of allylic oxidation sites excluding steroid dienone is 2. The van der Waals surface area contributed by atoms with Crippen molar-refractivity contribution in [1.82, 2.24) is 4.90 Å². The largest absolute Gasteiger partial charge is 0.454 e. The highest BCUT2D eigenvalue weighted by Gasteiger charge is 2.20. The van der Waals surface area contributed by atoms with Crippen LogP contribution in [-0.4, -0.2) is 41.9 Å². The number of nitrogens with zero attached hydrogens (tertiary/aromatic N) is 1. The van der Waals surface area contributed by atoms with Gasteiger partial charge in [-0.05, 0) is 30.5 Å². The zero-order chi connectivity index (χ0) is 15.4. The van der Waals surface area contributed by atoms with Crippen molar-refractivity contribution >= 4 is 12.0 Å². The fourth-order valence-electron chi connectivity index (χ4n) is 2.58. The minimum absolute atomic E-state index is 0.0610. The summed E-state index contributed by atoms with van der Waals surface area (Å²) in [5.74, 6) is 1.44. The van der Waals surface area contributed by atoms with Crippen LogP contribution in [0.1, 0.15) is 18.4 Å². The van der Waals surface area contributed by atoms with Crippen molar-refractivity contribution in [3.8, 4) is 11.5 Å². The highest BCUT2D eigenvalue weighted by Crippen LogP contribution is 2.32. The Labute approximate surface area is 129 Å². The van der Waals surface area contributed by atoms with Gasteiger partial charge in [-0.15, -0.1) is 0 Å². The summed E-state index contributed by atoms with van der Waals surface area (Å²) in [6.07, 6.45) is 8.20. The van der Waals surface area contributed by atoms with E-state index in [1.807, 2.05) is 30.4 Å². The molecule has 1 atom stereocenters. The van der Waals surface area contributed by atoms with Gasteiger partial charge in [0.15, 0.2) is 11.5 Å². The summed E-state index contributed by atoms with van der Waals surface area (Å²) in [7, 11) is 0. The molecule has 1 saturated heterocycles. The molecule has 2 heterocycles. The number of aliphatic hydroxyl groups excluding tert-OH is 1. The molecule has 1 unspecified atom stereocenters. The number of carbonyl (C=O) groups excluding carboxylic acids is 1. The van der Waals surface area contributed by atoms with Crippen LogP contribution in [0.5, 0.6) is 11.5 Å². The van der Waals surface area contributed by atoms with E-state index in [9.17, 15) is 9.90 Å². The van der Waals surface area contributed by atoms with Gasteiger partial charge < -0.3 is 19.5 Å². The Hall–Kier alpha value is -2.27. The van der Waals surface area contributed by atoms with Crippen LogP contribution in [0.15, 0.2) is 36.4 Å². The van der Waals surface area contributed by atoms with E-state index in [4.69, 9.17) is 9.47 Å². The van der Waals surface area contributed by atoms with E-state index in [1.165, 1.54) is 6.08 Å². The molecule has 1 N–H and O–H groups in total. The summed E-state index contributed by atoms with van der Waals surface area (Å²) in [4.78, 5) is 13.6. The number of β-amino-alcohol motifs (C(OH)–C–C–N with tert-alkyl or cyclic N) is 1. The molecule has 5 heteroatoms. The normalized spacial score (nSPS) is 21.0. The number of piperidine rings is 1. The van der Waals surface area contributed by atoms with Gasteiger partial charge in [-0.3, -0.25) is 4.79 Å². The van der Waals surface area contributed by atoms with E-state index >= 15 is 0 Å². The maximum absolute atomic E-state index is 12.0. The van der Waals surface area contributed by atoms with Crippen LogP contribution in [0.4, 0.5) is 0 Å². The Morgan fingerprint density at radius 3 is 3.00 bits per heavy atom. The van der Waals surface area contributed by atoms with E-state index in [0.29, 0.717) is 13.1 Å². The molecule has 116 valence electrons. The van der Waals surface area contributed by atoms with Gasteiger partial charge in [0.2, 0.25) is 12.7 Å². The quantitative estimate of drug-likeness (QED) is 0.685. The summed E-state index contributed by atoms with van der Waals surface area (Å²) < 4.78 is 10.6. The predicted octanol–water partition coefficient (Wildman–Crippen LogP) is 1.97. The topological polar surface area (TPSA) is 59.0 Å². The second kappa shape index (κ2) is 6.66. The number of benzene rings is 1. The molecule has 0 saturated carbocycles. The predicted molar refractivity (Wildman–Crippen MR) is 82.6 cm³/mol. The SMILES string of the molecule is O=C(/C=C/C=C/c1ccc2c(c1)OCO2)N1CCCC(O)C1. The van der Waals surface area contributed by atoms with Gasteiger partial charge in [-0.2, -0.15) is 0 Å². The van der Waals surface area contributed by atoms with Gasteiger partial charge in [0.05, 0.1) is 6.10 Å². The van der Waals surface area contributed by atoms with Crippen LogP contribution in [-0.2, 0) is 4.79 Å².